The molecule has 1 amide bonds. The minimum absolute atomic E-state index is 0.165. The SMILES string of the molecule is Nc1ccc(OC(=O)N2CCNCC2)nn1. The summed E-state index contributed by atoms with van der Waals surface area (Å²) in [6, 6.07) is 3.05. The van der Waals surface area contributed by atoms with Crippen LogP contribution in [0.25, 0.3) is 0 Å². The molecule has 0 unspecified atom stereocenters. The highest BCUT2D eigenvalue weighted by Crippen LogP contribution is 2.07. The number of nitrogen functional groups attached to an aromatic ring is 1. The van der Waals surface area contributed by atoms with Crippen molar-refractivity contribution >= 4 is 11.9 Å². The minimum Gasteiger partial charge on any atom is -0.389 e. The predicted octanol–water partition coefficient (Wildman–Crippen LogP) is -0.537. The van der Waals surface area contributed by atoms with Gasteiger partial charge < -0.3 is 20.7 Å². The second-order valence-electron chi connectivity index (χ2n) is 3.40. The van der Waals surface area contributed by atoms with Gasteiger partial charge in [0.1, 0.15) is 5.82 Å². The highest BCUT2D eigenvalue weighted by atomic mass is 16.6. The number of hydrogen-bond acceptors (Lipinski definition) is 6. The summed E-state index contributed by atoms with van der Waals surface area (Å²) in [5.41, 5.74) is 5.37. The number of carbonyl (C=O) groups excluding carboxylic acids is 1. The Morgan fingerprint density at radius 3 is 2.75 bits per heavy atom. The zero-order valence-corrected chi connectivity index (χ0v) is 8.72. The van der Waals surface area contributed by atoms with Gasteiger partial charge in [0, 0.05) is 32.2 Å². The van der Waals surface area contributed by atoms with Crippen molar-refractivity contribution in [3.8, 4) is 5.88 Å². The molecule has 86 valence electrons. The van der Waals surface area contributed by atoms with Crippen molar-refractivity contribution in [3.05, 3.63) is 12.1 Å². The van der Waals surface area contributed by atoms with Crippen LogP contribution in [0.2, 0.25) is 0 Å². The van der Waals surface area contributed by atoms with Crippen molar-refractivity contribution in [2.45, 2.75) is 0 Å². The molecule has 1 fully saturated rings. The lowest BCUT2D eigenvalue weighted by Crippen LogP contribution is -2.47. The molecule has 0 saturated carbocycles. The van der Waals surface area contributed by atoms with Crippen LogP contribution < -0.4 is 15.8 Å². The van der Waals surface area contributed by atoms with Crippen LogP contribution in [0.5, 0.6) is 5.88 Å². The summed E-state index contributed by atoms with van der Waals surface area (Å²) in [6.07, 6.45) is -0.402. The van der Waals surface area contributed by atoms with E-state index < -0.39 is 6.09 Å². The third kappa shape index (κ3) is 2.57. The first-order valence-electron chi connectivity index (χ1n) is 5.02. The van der Waals surface area contributed by atoms with Crippen LogP contribution in [-0.4, -0.2) is 47.4 Å². The number of rotatable bonds is 1. The molecule has 2 rings (SSSR count). The maximum absolute atomic E-state index is 11.6. The van der Waals surface area contributed by atoms with Gasteiger partial charge in [-0.25, -0.2) is 4.79 Å². The number of nitrogens with zero attached hydrogens (tertiary/aromatic N) is 3. The normalized spacial score (nSPS) is 15.9. The third-order valence-corrected chi connectivity index (χ3v) is 2.23. The molecular formula is C9H13N5O2. The summed E-state index contributed by atoms with van der Waals surface area (Å²) in [5, 5.41) is 10.4. The van der Waals surface area contributed by atoms with Crippen LogP contribution in [0.1, 0.15) is 0 Å². The van der Waals surface area contributed by atoms with E-state index in [1.54, 1.807) is 4.90 Å². The molecule has 2 heterocycles. The summed E-state index contributed by atoms with van der Waals surface area (Å²) < 4.78 is 5.04. The molecule has 0 bridgehead atoms. The van der Waals surface area contributed by atoms with Crippen molar-refractivity contribution in [2.24, 2.45) is 0 Å². The Kier molecular flexibility index (Phi) is 3.16. The van der Waals surface area contributed by atoms with Gasteiger partial charge in [0.2, 0.25) is 5.88 Å². The number of nitrogens with two attached hydrogens (primary N) is 1. The average molecular weight is 223 g/mol. The molecule has 1 aromatic heterocycles. The number of anilines is 1. The monoisotopic (exact) mass is 223 g/mol. The Balaban J connectivity index is 1.93. The molecule has 0 aliphatic carbocycles. The molecule has 0 atom stereocenters. The molecule has 7 nitrogen and oxygen atoms in total. The first kappa shape index (κ1) is 10.6. The second-order valence-corrected chi connectivity index (χ2v) is 3.40. The van der Waals surface area contributed by atoms with E-state index in [0.29, 0.717) is 18.9 Å². The maximum Gasteiger partial charge on any atom is 0.416 e. The van der Waals surface area contributed by atoms with E-state index in [1.165, 1.54) is 12.1 Å². The zero-order chi connectivity index (χ0) is 11.4. The van der Waals surface area contributed by atoms with Gasteiger partial charge in [0.25, 0.3) is 0 Å². The third-order valence-electron chi connectivity index (χ3n) is 2.23. The number of nitrogens with one attached hydrogen (secondary N) is 1. The fraction of sp³-hybridized carbons (Fsp3) is 0.444. The number of ether oxygens (including phenoxy) is 1. The van der Waals surface area contributed by atoms with Crippen molar-refractivity contribution in [1.82, 2.24) is 20.4 Å². The molecule has 16 heavy (non-hydrogen) atoms. The summed E-state index contributed by atoms with van der Waals surface area (Å²) in [7, 11) is 0. The molecule has 7 heteroatoms. The Hall–Kier alpha value is -1.89. The Labute approximate surface area is 92.6 Å². The van der Waals surface area contributed by atoms with Crippen molar-refractivity contribution in [3.63, 3.8) is 0 Å². The van der Waals surface area contributed by atoms with E-state index in [9.17, 15) is 4.79 Å². The van der Waals surface area contributed by atoms with Gasteiger partial charge in [-0.2, -0.15) is 0 Å². The van der Waals surface area contributed by atoms with Gasteiger partial charge in [0.05, 0.1) is 0 Å². The lowest BCUT2D eigenvalue weighted by molar-refractivity contribution is 0.143. The first-order chi connectivity index (χ1) is 7.75. The Morgan fingerprint density at radius 2 is 2.12 bits per heavy atom. The van der Waals surface area contributed by atoms with Crippen LogP contribution in [0.4, 0.5) is 10.6 Å². The Morgan fingerprint density at radius 1 is 1.38 bits per heavy atom. The Bertz CT molecular complexity index is 361. The highest BCUT2D eigenvalue weighted by molar-refractivity contribution is 5.70. The predicted molar refractivity (Wildman–Crippen MR) is 56.9 cm³/mol. The smallest absolute Gasteiger partial charge is 0.389 e. The number of hydrogen-bond donors (Lipinski definition) is 2. The van der Waals surface area contributed by atoms with Crippen molar-refractivity contribution in [2.75, 3.05) is 31.9 Å². The quantitative estimate of drug-likeness (QED) is 0.664. The van der Waals surface area contributed by atoms with E-state index >= 15 is 0 Å². The van der Waals surface area contributed by atoms with Gasteiger partial charge in [-0.1, -0.05) is 0 Å². The van der Waals surface area contributed by atoms with Crippen LogP contribution >= 0.6 is 0 Å². The maximum atomic E-state index is 11.6. The van der Waals surface area contributed by atoms with Gasteiger partial charge >= 0.3 is 6.09 Å². The highest BCUT2D eigenvalue weighted by Gasteiger charge is 2.18. The van der Waals surface area contributed by atoms with Crippen LogP contribution in [0.3, 0.4) is 0 Å². The average Bonchev–Trinajstić information content (AvgIpc) is 2.33. The van der Waals surface area contributed by atoms with Gasteiger partial charge in [-0.05, 0) is 6.07 Å². The zero-order valence-electron chi connectivity index (χ0n) is 8.72. The molecule has 1 saturated heterocycles. The lowest BCUT2D eigenvalue weighted by atomic mass is 10.4. The van der Waals surface area contributed by atoms with Crippen molar-refractivity contribution < 1.29 is 9.53 Å². The van der Waals surface area contributed by atoms with E-state index in [4.69, 9.17) is 10.5 Å². The van der Waals surface area contributed by atoms with E-state index in [-0.39, 0.29) is 5.88 Å². The standard InChI is InChI=1S/C9H13N5O2/c10-7-1-2-8(13-12-7)16-9(15)14-5-3-11-4-6-14/h1-2,11H,3-6H2,(H2,10,12). The fourth-order valence-electron chi connectivity index (χ4n) is 1.39. The van der Waals surface area contributed by atoms with Gasteiger partial charge in [-0.15, -0.1) is 10.2 Å². The summed E-state index contributed by atoms with van der Waals surface area (Å²) in [6.45, 7) is 2.84. The summed E-state index contributed by atoms with van der Waals surface area (Å²) in [5.74, 6) is 0.458. The van der Waals surface area contributed by atoms with Crippen LogP contribution in [0.15, 0.2) is 12.1 Å². The second kappa shape index (κ2) is 4.75. The molecule has 1 aromatic rings. The lowest BCUT2D eigenvalue weighted by Gasteiger charge is -2.26. The number of amides is 1. The molecule has 1 aliphatic rings. The van der Waals surface area contributed by atoms with E-state index in [2.05, 4.69) is 15.5 Å². The molecule has 0 spiro atoms. The largest absolute Gasteiger partial charge is 0.416 e. The summed E-state index contributed by atoms with van der Waals surface area (Å²) >= 11 is 0. The molecule has 0 radical (unpaired) electrons. The van der Waals surface area contributed by atoms with E-state index in [0.717, 1.165) is 13.1 Å². The van der Waals surface area contributed by atoms with Crippen LogP contribution in [0, 0.1) is 0 Å². The molecule has 0 aromatic carbocycles. The number of carbonyl (C=O) groups is 1. The summed E-state index contributed by atoms with van der Waals surface area (Å²) in [4.78, 5) is 13.2. The van der Waals surface area contributed by atoms with Crippen LogP contribution in [-0.2, 0) is 0 Å². The molecule has 3 N–H and O–H groups in total. The molecular weight excluding hydrogens is 210 g/mol. The van der Waals surface area contributed by atoms with Gasteiger partial charge in [0.15, 0.2) is 0 Å². The topological polar surface area (TPSA) is 93.4 Å². The number of aromatic nitrogens is 2. The molecule has 1 aliphatic heterocycles. The first-order valence-corrected chi connectivity index (χ1v) is 5.02. The minimum atomic E-state index is -0.402. The fourth-order valence-corrected chi connectivity index (χ4v) is 1.39. The van der Waals surface area contributed by atoms with Gasteiger partial charge in [-0.3, -0.25) is 0 Å². The van der Waals surface area contributed by atoms with Crippen molar-refractivity contribution in [1.29, 1.82) is 0 Å². The van der Waals surface area contributed by atoms with E-state index in [1.807, 2.05) is 0 Å². The number of piperazine rings is 1.